The Balaban J connectivity index is 1.01. The van der Waals surface area contributed by atoms with Crippen molar-refractivity contribution in [2.75, 3.05) is 64.3 Å². The van der Waals surface area contributed by atoms with Gasteiger partial charge in [-0.15, -0.1) is 0 Å². The molecule has 2 aromatic carbocycles. The number of likely N-dealkylation sites (tertiary alicyclic amines) is 1. The molecule has 254 valence electrons. The second-order valence-electron chi connectivity index (χ2n) is 13.4. The number of aryl methyl sites for hydroxylation is 1. The molecule has 4 aliphatic rings. The maximum absolute atomic E-state index is 14.1. The van der Waals surface area contributed by atoms with Crippen molar-refractivity contribution in [2.45, 2.75) is 63.6 Å². The maximum Gasteiger partial charge on any atom is 0.410 e. The van der Waals surface area contributed by atoms with Crippen LogP contribution in [-0.4, -0.2) is 125 Å². The molecule has 3 saturated heterocycles. The Kier molecular flexibility index (Phi) is 9.71. The third-order valence-corrected chi connectivity index (χ3v) is 10.4. The number of piperidine rings is 1. The van der Waals surface area contributed by atoms with E-state index in [9.17, 15) is 14.4 Å². The van der Waals surface area contributed by atoms with Crippen molar-refractivity contribution in [3.8, 4) is 0 Å². The summed E-state index contributed by atoms with van der Waals surface area (Å²) >= 11 is 0. The van der Waals surface area contributed by atoms with Crippen molar-refractivity contribution in [3.63, 3.8) is 0 Å². The van der Waals surface area contributed by atoms with Crippen molar-refractivity contribution in [1.29, 1.82) is 0 Å². The molecule has 48 heavy (non-hydrogen) atoms. The smallest absolute Gasteiger partial charge is 0.410 e. The van der Waals surface area contributed by atoms with Crippen LogP contribution in [0.3, 0.4) is 0 Å². The SMILES string of the molecule is Cc1cc(CC(OC(=O)N2CCC(N3CCc4ccccc4NC3=O)CC2)C(=O)N2CCN(C3CCOCC3)CC2)cc2nccnc12. The number of nitrogens with zero attached hydrogens (tertiary/aromatic N) is 6. The Morgan fingerprint density at radius 2 is 1.67 bits per heavy atom. The average Bonchev–Trinajstić information content (AvgIpc) is 3.29. The molecule has 4 amide bonds. The topological polar surface area (TPSA) is 120 Å². The van der Waals surface area contributed by atoms with E-state index in [4.69, 9.17) is 9.47 Å². The summed E-state index contributed by atoms with van der Waals surface area (Å²) in [7, 11) is 0. The fourth-order valence-electron chi connectivity index (χ4n) is 7.69. The predicted molar refractivity (Wildman–Crippen MR) is 181 cm³/mol. The molecular formula is C36H45N7O5. The first-order chi connectivity index (χ1) is 23.4. The van der Waals surface area contributed by atoms with E-state index in [0.29, 0.717) is 51.6 Å². The van der Waals surface area contributed by atoms with Gasteiger partial charge >= 0.3 is 12.1 Å². The molecule has 4 aliphatic heterocycles. The van der Waals surface area contributed by atoms with Crippen LogP contribution in [0.15, 0.2) is 48.8 Å². The highest BCUT2D eigenvalue weighted by molar-refractivity contribution is 5.91. The number of piperazine rings is 1. The highest BCUT2D eigenvalue weighted by Gasteiger charge is 2.36. The summed E-state index contributed by atoms with van der Waals surface area (Å²) in [6.45, 7) is 7.87. The molecule has 12 nitrogen and oxygen atoms in total. The number of hydrogen-bond donors (Lipinski definition) is 1. The molecule has 1 unspecified atom stereocenters. The van der Waals surface area contributed by atoms with Crippen molar-refractivity contribution in [3.05, 3.63) is 65.5 Å². The van der Waals surface area contributed by atoms with Gasteiger partial charge in [0.25, 0.3) is 5.91 Å². The molecule has 0 saturated carbocycles. The number of fused-ring (bicyclic) bond motifs is 2. The van der Waals surface area contributed by atoms with Gasteiger partial charge < -0.3 is 29.5 Å². The lowest BCUT2D eigenvalue weighted by Gasteiger charge is -2.41. The zero-order valence-electron chi connectivity index (χ0n) is 27.7. The van der Waals surface area contributed by atoms with Gasteiger partial charge in [0.15, 0.2) is 6.10 Å². The van der Waals surface area contributed by atoms with Gasteiger partial charge in [-0.3, -0.25) is 19.7 Å². The number of benzene rings is 2. The second-order valence-corrected chi connectivity index (χ2v) is 13.4. The first kappa shape index (κ1) is 32.3. The third kappa shape index (κ3) is 7.09. The van der Waals surface area contributed by atoms with Crippen molar-refractivity contribution in [2.24, 2.45) is 0 Å². The van der Waals surface area contributed by atoms with Gasteiger partial charge in [-0.2, -0.15) is 0 Å². The van der Waals surface area contributed by atoms with Crippen molar-refractivity contribution in [1.82, 2.24) is 29.6 Å². The number of para-hydroxylation sites is 1. The molecule has 0 radical (unpaired) electrons. The third-order valence-electron chi connectivity index (χ3n) is 10.4. The van der Waals surface area contributed by atoms with Crippen LogP contribution in [-0.2, 0) is 27.1 Å². The minimum atomic E-state index is -0.965. The zero-order chi connectivity index (χ0) is 33.0. The Labute approximate surface area is 281 Å². The van der Waals surface area contributed by atoms with Gasteiger partial charge in [-0.05, 0) is 67.9 Å². The normalized spacial score (nSPS) is 20.6. The number of rotatable bonds is 6. The fourth-order valence-corrected chi connectivity index (χ4v) is 7.69. The first-order valence-electron chi connectivity index (χ1n) is 17.3. The van der Waals surface area contributed by atoms with E-state index in [1.807, 2.05) is 53.1 Å². The number of urea groups is 1. The minimum absolute atomic E-state index is 0.0227. The average molecular weight is 656 g/mol. The molecule has 7 rings (SSSR count). The van der Waals surface area contributed by atoms with Gasteiger partial charge in [-0.25, -0.2) is 9.59 Å². The summed E-state index contributed by atoms with van der Waals surface area (Å²) in [6.07, 6.45) is 6.24. The van der Waals surface area contributed by atoms with Crippen LogP contribution in [0, 0.1) is 6.92 Å². The van der Waals surface area contributed by atoms with Gasteiger partial charge in [0, 0.05) is 95.6 Å². The molecule has 3 fully saturated rings. The van der Waals surface area contributed by atoms with E-state index in [2.05, 4.69) is 20.2 Å². The van der Waals surface area contributed by atoms with Gasteiger partial charge in [0.1, 0.15) is 0 Å². The molecular weight excluding hydrogens is 610 g/mol. The summed E-state index contributed by atoms with van der Waals surface area (Å²) < 4.78 is 11.7. The highest BCUT2D eigenvalue weighted by Crippen LogP contribution is 2.26. The quantitative estimate of drug-likeness (QED) is 0.425. The van der Waals surface area contributed by atoms with Crippen LogP contribution in [0.1, 0.15) is 42.4 Å². The second kappa shape index (κ2) is 14.4. The number of carbonyl (C=O) groups excluding carboxylic acids is 3. The number of aromatic nitrogens is 2. The van der Waals surface area contributed by atoms with E-state index in [1.54, 1.807) is 17.3 Å². The molecule has 0 spiro atoms. The minimum Gasteiger partial charge on any atom is -0.436 e. The van der Waals surface area contributed by atoms with Crippen LogP contribution in [0.5, 0.6) is 0 Å². The maximum atomic E-state index is 14.1. The lowest BCUT2D eigenvalue weighted by atomic mass is 10.0. The number of hydrogen-bond acceptors (Lipinski definition) is 8. The van der Waals surface area contributed by atoms with Crippen LogP contribution in [0.25, 0.3) is 11.0 Å². The monoisotopic (exact) mass is 655 g/mol. The Hall–Kier alpha value is -4.29. The van der Waals surface area contributed by atoms with Crippen LogP contribution in [0.2, 0.25) is 0 Å². The Morgan fingerprint density at radius 1 is 0.917 bits per heavy atom. The van der Waals surface area contributed by atoms with Gasteiger partial charge in [0.05, 0.1) is 11.0 Å². The van der Waals surface area contributed by atoms with Gasteiger partial charge in [-0.1, -0.05) is 24.3 Å². The molecule has 1 N–H and O–H groups in total. The molecule has 1 aromatic heterocycles. The lowest BCUT2D eigenvalue weighted by molar-refractivity contribution is -0.143. The summed E-state index contributed by atoms with van der Waals surface area (Å²) in [4.78, 5) is 57.7. The van der Waals surface area contributed by atoms with Crippen LogP contribution < -0.4 is 5.32 Å². The number of anilines is 1. The van der Waals surface area contributed by atoms with E-state index >= 15 is 0 Å². The molecule has 12 heteroatoms. The number of carbonyl (C=O) groups is 3. The zero-order valence-corrected chi connectivity index (χ0v) is 27.7. The van der Waals surface area contributed by atoms with Gasteiger partial charge in [0.2, 0.25) is 0 Å². The van der Waals surface area contributed by atoms with Crippen molar-refractivity contribution < 1.29 is 23.9 Å². The largest absolute Gasteiger partial charge is 0.436 e. The highest BCUT2D eigenvalue weighted by atomic mass is 16.6. The van der Waals surface area contributed by atoms with Crippen LogP contribution >= 0.6 is 0 Å². The molecule has 1 atom stereocenters. The standard InChI is InChI=1S/C36H45N7O5/c1-25-22-26(23-31-33(25)38-12-11-37-31)24-32(34(44)41-18-16-40(17-19-41)28-9-20-47-21-10-28)48-36(46)42-13-7-29(8-14-42)43-15-6-27-4-2-3-5-30(27)39-35(43)45/h2-5,11-12,22-23,28-29,32H,6-10,13-21,24H2,1H3,(H,39,45). The number of ether oxygens (including phenoxy) is 2. The fraction of sp³-hybridized carbons (Fsp3) is 0.528. The van der Waals surface area contributed by atoms with E-state index in [-0.39, 0.29) is 24.4 Å². The van der Waals surface area contributed by atoms with E-state index < -0.39 is 12.2 Å². The summed E-state index contributed by atoms with van der Waals surface area (Å²) in [5.74, 6) is -0.164. The van der Waals surface area contributed by atoms with Crippen LogP contribution in [0.4, 0.5) is 15.3 Å². The number of amides is 4. The summed E-state index contributed by atoms with van der Waals surface area (Å²) in [5, 5.41) is 3.06. The lowest BCUT2D eigenvalue weighted by Crippen LogP contribution is -2.56. The number of nitrogens with one attached hydrogen (secondary N) is 1. The Morgan fingerprint density at radius 3 is 2.46 bits per heavy atom. The van der Waals surface area contributed by atoms with E-state index in [1.165, 1.54) is 0 Å². The summed E-state index contributed by atoms with van der Waals surface area (Å²) in [6, 6.07) is 12.3. The molecule has 3 aromatic rings. The Bertz CT molecular complexity index is 1630. The summed E-state index contributed by atoms with van der Waals surface area (Å²) in [5.41, 5.74) is 5.39. The first-order valence-corrected chi connectivity index (χ1v) is 17.3. The molecule has 5 heterocycles. The molecule has 0 aliphatic carbocycles. The van der Waals surface area contributed by atoms with E-state index in [0.717, 1.165) is 79.0 Å². The predicted octanol–water partition coefficient (Wildman–Crippen LogP) is 3.86. The van der Waals surface area contributed by atoms with Crippen molar-refractivity contribution >= 4 is 34.8 Å². The molecule has 0 bridgehead atoms.